The van der Waals surface area contributed by atoms with Crippen LogP contribution in [0.4, 0.5) is 0 Å². The molecule has 3 atom stereocenters. The highest BCUT2D eigenvalue weighted by Crippen LogP contribution is 2.36. The summed E-state index contributed by atoms with van der Waals surface area (Å²) >= 11 is 0. The Balaban J connectivity index is 0.00000225. The van der Waals surface area contributed by atoms with Gasteiger partial charge in [0.1, 0.15) is 13.2 Å². The Bertz CT molecular complexity index is 594. The number of nitrogens with one attached hydrogen (secondary N) is 1. The lowest BCUT2D eigenvalue weighted by atomic mass is 9.92. The second-order valence-corrected chi connectivity index (χ2v) is 7.17. The third-order valence-corrected chi connectivity index (χ3v) is 5.19. The summed E-state index contributed by atoms with van der Waals surface area (Å²) < 4.78 is 11.3. The summed E-state index contributed by atoms with van der Waals surface area (Å²) in [5.41, 5.74) is 6.89. The molecule has 3 N–H and O–H groups in total. The van der Waals surface area contributed by atoms with Crippen molar-refractivity contribution >= 4 is 18.3 Å². The molecule has 25 heavy (non-hydrogen) atoms. The number of benzene rings is 1. The van der Waals surface area contributed by atoms with E-state index in [1.54, 1.807) is 0 Å². The van der Waals surface area contributed by atoms with Gasteiger partial charge >= 0.3 is 0 Å². The van der Waals surface area contributed by atoms with Crippen LogP contribution in [0, 0.1) is 17.8 Å². The topological polar surface area (TPSA) is 73.6 Å². The number of hydrogen-bond acceptors (Lipinski definition) is 4. The Morgan fingerprint density at radius 3 is 2.64 bits per heavy atom. The van der Waals surface area contributed by atoms with Crippen LogP contribution in [0.25, 0.3) is 0 Å². The minimum absolute atomic E-state index is 0. The Labute approximate surface area is 156 Å². The molecule has 0 saturated heterocycles. The molecule has 1 unspecified atom stereocenters. The SMILES string of the molecule is CC(C)C(NC(=O)[C@@H]1CCC[C@@H]1CN)c1ccc2c(c1)OCCO2.Cl. The van der Waals surface area contributed by atoms with Gasteiger partial charge in [0.15, 0.2) is 11.5 Å². The van der Waals surface area contributed by atoms with Crippen LogP contribution in [0.3, 0.4) is 0 Å². The molecule has 6 heteroatoms. The predicted octanol–water partition coefficient (Wildman–Crippen LogP) is 3.07. The van der Waals surface area contributed by atoms with Crippen molar-refractivity contribution in [2.75, 3.05) is 19.8 Å². The van der Waals surface area contributed by atoms with Crippen molar-refractivity contribution in [1.29, 1.82) is 0 Å². The fourth-order valence-electron chi connectivity index (χ4n) is 3.81. The number of carbonyl (C=O) groups excluding carboxylic acids is 1. The molecule has 1 aromatic rings. The maximum absolute atomic E-state index is 12.8. The van der Waals surface area contributed by atoms with E-state index in [0.717, 1.165) is 36.3 Å². The summed E-state index contributed by atoms with van der Waals surface area (Å²) in [4.78, 5) is 12.8. The highest BCUT2D eigenvalue weighted by Gasteiger charge is 2.33. The maximum Gasteiger partial charge on any atom is 0.223 e. The first kappa shape index (κ1) is 19.9. The quantitative estimate of drug-likeness (QED) is 0.837. The molecule has 0 radical (unpaired) electrons. The van der Waals surface area contributed by atoms with Crippen molar-refractivity contribution in [3.05, 3.63) is 23.8 Å². The molecular formula is C19H29ClN2O3. The van der Waals surface area contributed by atoms with E-state index in [4.69, 9.17) is 15.2 Å². The Kier molecular flexibility index (Phi) is 6.96. The van der Waals surface area contributed by atoms with Gasteiger partial charge in [0.05, 0.1) is 6.04 Å². The number of nitrogens with two attached hydrogens (primary N) is 1. The predicted molar refractivity (Wildman–Crippen MR) is 100 cm³/mol. The maximum atomic E-state index is 12.8. The van der Waals surface area contributed by atoms with E-state index in [0.29, 0.717) is 25.7 Å². The van der Waals surface area contributed by atoms with Crippen LogP contribution in [-0.4, -0.2) is 25.7 Å². The van der Waals surface area contributed by atoms with Gasteiger partial charge in [0.2, 0.25) is 5.91 Å². The van der Waals surface area contributed by atoms with Gasteiger partial charge in [-0.1, -0.05) is 26.3 Å². The van der Waals surface area contributed by atoms with Gasteiger partial charge in [0.25, 0.3) is 0 Å². The second-order valence-electron chi connectivity index (χ2n) is 7.17. The van der Waals surface area contributed by atoms with Crippen LogP contribution in [0.1, 0.15) is 44.7 Å². The molecule has 1 aliphatic heterocycles. The first-order valence-electron chi connectivity index (χ1n) is 9.00. The molecule has 3 rings (SSSR count). The third-order valence-electron chi connectivity index (χ3n) is 5.19. The third kappa shape index (κ3) is 4.39. The summed E-state index contributed by atoms with van der Waals surface area (Å²) in [6.45, 7) is 5.98. The van der Waals surface area contributed by atoms with Crippen LogP contribution in [0.15, 0.2) is 18.2 Å². The first-order chi connectivity index (χ1) is 11.6. The highest BCUT2D eigenvalue weighted by atomic mass is 35.5. The minimum Gasteiger partial charge on any atom is -0.486 e. The molecule has 1 heterocycles. The molecular weight excluding hydrogens is 340 g/mol. The monoisotopic (exact) mass is 368 g/mol. The van der Waals surface area contributed by atoms with E-state index >= 15 is 0 Å². The van der Waals surface area contributed by atoms with Crippen LogP contribution < -0.4 is 20.5 Å². The zero-order valence-electron chi connectivity index (χ0n) is 15.0. The standard InChI is InChI=1S/C19H28N2O3.ClH/c1-12(2)18(21-19(22)15-5-3-4-14(15)11-20)13-6-7-16-17(10-13)24-9-8-23-16;/h6-7,10,12,14-15,18H,3-5,8-9,11,20H2,1-2H3,(H,21,22);1H/t14-,15-,18?;/m1./s1. The zero-order chi connectivity index (χ0) is 17.1. The first-order valence-corrected chi connectivity index (χ1v) is 9.00. The van der Waals surface area contributed by atoms with E-state index in [9.17, 15) is 4.79 Å². The van der Waals surface area contributed by atoms with Crippen molar-refractivity contribution in [1.82, 2.24) is 5.32 Å². The normalized spacial score (nSPS) is 23.0. The fraction of sp³-hybridized carbons (Fsp3) is 0.632. The van der Waals surface area contributed by atoms with Crippen molar-refractivity contribution in [2.45, 2.75) is 39.2 Å². The number of halogens is 1. The molecule has 1 aromatic carbocycles. The molecule has 1 amide bonds. The van der Waals surface area contributed by atoms with Gasteiger partial charge in [-0.3, -0.25) is 4.79 Å². The lowest BCUT2D eigenvalue weighted by Gasteiger charge is -2.27. The summed E-state index contributed by atoms with van der Waals surface area (Å²) in [6, 6.07) is 5.92. The van der Waals surface area contributed by atoms with Crippen molar-refractivity contribution in [2.24, 2.45) is 23.5 Å². The molecule has 1 aliphatic carbocycles. The Hall–Kier alpha value is -1.46. The van der Waals surface area contributed by atoms with Gasteiger partial charge in [-0.2, -0.15) is 0 Å². The van der Waals surface area contributed by atoms with Crippen LogP contribution in [0.2, 0.25) is 0 Å². The average Bonchev–Trinajstić information content (AvgIpc) is 3.07. The Morgan fingerprint density at radius 1 is 1.24 bits per heavy atom. The molecule has 1 saturated carbocycles. The molecule has 0 bridgehead atoms. The second kappa shape index (κ2) is 8.77. The van der Waals surface area contributed by atoms with Crippen molar-refractivity contribution < 1.29 is 14.3 Å². The number of hydrogen-bond donors (Lipinski definition) is 2. The Morgan fingerprint density at radius 2 is 1.96 bits per heavy atom. The van der Waals surface area contributed by atoms with Crippen LogP contribution in [-0.2, 0) is 4.79 Å². The van der Waals surface area contributed by atoms with Crippen LogP contribution >= 0.6 is 12.4 Å². The summed E-state index contributed by atoms with van der Waals surface area (Å²) in [6.07, 6.45) is 3.10. The molecule has 5 nitrogen and oxygen atoms in total. The lowest BCUT2D eigenvalue weighted by Crippen LogP contribution is -2.39. The minimum atomic E-state index is -0.0349. The number of fused-ring (bicyclic) bond motifs is 1. The van der Waals surface area contributed by atoms with E-state index in [1.165, 1.54) is 0 Å². The number of amides is 1. The largest absolute Gasteiger partial charge is 0.486 e. The summed E-state index contributed by atoms with van der Waals surface area (Å²) in [5.74, 6) is 2.33. The summed E-state index contributed by atoms with van der Waals surface area (Å²) in [5, 5.41) is 3.25. The molecule has 1 fully saturated rings. The van der Waals surface area contributed by atoms with E-state index < -0.39 is 0 Å². The van der Waals surface area contributed by atoms with E-state index in [2.05, 4.69) is 19.2 Å². The van der Waals surface area contributed by atoms with Gasteiger partial charge in [0, 0.05) is 5.92 Å². The van der Waals surface area contributed by atoms with E-state index in [-0.39, 0.29) is 36.2 Å². The summed E-state index contributed by atoms with van der Waals surface area (Å²) in [7, 11) is 0. The molecule has 0 aromatic heterocycles. The van der Waals surface area contributed by atoms with Crippen molar-refractivity contribution in [3.63, 3.8) is 0 Å². The van der Waals surface area contributed by atoms with Gasteiger partial charge in [-0.25, -0.2) is 0 Å². The van der Waals surface area contributed by atoms with Crippen molar-refractivity contribution in [3.8, 4) is 11.5 Å². The number of ether oxygens (including phenoxy) is 2. The van der Waals surface area contributed by atoms with Gasteiger partial charge in [-0.05, 0) is 48.9 Å². The van der Waals surface area contributed by atoms with Gasteiger partial charge < -0.3 is 20.5 Å². The smallest absolute Gasteiger partial charge is 0.223 e. The van der Waals surface area contributed by atoms with Crippen LogP contribution in [0.5, 0.6) is 11.5 Å². The van der Waals surface area contributed by atoms with Gasteiger partial charge in [-0.15, -0.1) is 12.4 Å². The average molecular weight is 369 g/mol. The highest BCUT2D eigenvalue weighted by molar-refractivity contribution is 5.85. The fourth-order valence-corrected chi connectivity index (χ4v) is 3.81. The lowest BCUT2D eigenvalue weighted by molar-refractivity contribution is -0.127. The number of rotatable bonds is 5. The molecule has 0 spiro atoms. The zero-order valence-corrected chi connectivity index (χ0v) is 15.8. The van der Waals surface area contributed by atoms with E-state index in [1.807, 2.05) is 18.2 Å². The molecule has 140 valence electrons. The number of carbonyl (C=O) groups is 1. The molecule has 2 aliphatic rings.